The minimum Gasteiger partial charge on any atom is -0.489 e. The molecule has 0 heterocycles. The lowest BCUT2D eigenvalue weighted by Crippen LogP contribution is -2.58. The molecular formula is C18H15F7N2O. The molecular weight excluding hydrogens is 393 g/mol. The van der Waals surface area contributed by atoms with Gasteiger partial charge in [0.1, 0.15) is 12.4 Å². The van der Waals surface area contributed by atoms with Crippen molar-refractivity contribution in [2.45, 2.75) is 31.7 Å². The molecule has 1 N–H and O–H groups in total. The highest BCUT2D eigenvalue weighted by atomic mass is 19.4. The maximum atomic E-state index is 13.0. The van der Waals surface area contributed by atoms with Gasteiger partial charge in [-0.15, -0.1) is 0 Å². The largest absolute Gasteiger partial charge is 0.489 e. The van der Waals surface area contributed by atoms with Gasteiger partial charge in [0, 0.05) is 0 Å². The van der Waals surface area contributed by atoms with Crippen molar-refractivity contribution in [3.8, 4) is 5.75 Å². The molecule has 0 saturated carbocycles. The Morgan fingerprint density at radius 2 is 1.61 bits per heavy atom. The summed E-state index contributed by atoms with van der Waals surface area (Å²) in [6, 6.07) is 7.70. The van der Waals surface area contributed by atoms with Crippen LogP contribution in [0, 0.1) is 6.92 Å². The van der Waals surface area contributed by atoms with E-state index in [1.807, 2.05) is 31.2 Å². The van der Waals surface area contributed by atoms with Gasteiger partial charge in [0.15, 0.2) is 0 Å². The van der Waals surface area contributed by atoms with Crippen LogP contribution in [-0.2, 0) is 6.61 Å². The molecule has 0 spiro atoms. The monoisotopic (exact) mass is 408 g/mol. The van der Waals surface area contributed by atoms with Gasteiger partial charge in [0.25, 0.3) is 0 Å². The van der Waals surface area contributed by atoms with Crippen molar-refractivity contribution < 1.29 is 35.5 Å². The van der Waals surface area contributed by atoms with Gasteiger partial charge in [-0.25, -0.2) is 5.43 Å². The highest BCUT2D eigenvalue weighted by Gasteiger charge is 2.73. The van der Waals surface area contributed by atoms with Crippen LogP contribution in [0.2, 0.25) is 0 Å². The molecule has 28 heavy (non-hydrogen) atoms. The summed E-state index contributed by atoms with van der Waals surface area (Å²) in [5, 5.41) is 2.78. The third-order valence-corrected chi connectivity index (χ3v) is 3.54. The zero-order valence-electron chi connectivity index (χ0n) is 14.4. The van der Waals surface area contributed by atoms with Crippen molar-refractivity contribution >= 4 is 6.21 Å². The Hall–Kier alpha value is -2.78. The second kappa shape index (κ2) is 8.07. The molecule has 0 atom stereocenters. The SMILES string of the molecule is Cc1cccc(COc2ccc(/C=N/NC(F)(F)C(F)(F)C(F)(F)F)cc2)c1. The maximum Gasteiger partial charge on any atom is 0.462 e. The molecule has 0 aliphatic rings. The van der Waals surface area contributed by atoms with Crippen LogP contribution in [0.4, 0.5) is 30.7 Å². The lowest BCUT2D eigenvalue weighted by atomic mass is 10.1. The predicted molar refractivity (Wildman–Crippen MR) is 88.6 cm³/mol. The second-order valence-corrected chi connectivity index (χ2v) is 5.86. The summed E-state index contributed by atoms with van der Waals surface area (Å²) in [7, 11) is 0. The molecule has 152 valence electrons. The van der Waals surface area contributed by atoms with E-state index >= 15 is 0 Å². The van der Waals surface area contributed by atoms with Crippen molar-refractivity contribution in [1.82, 2.24) is 5.43 Å². The lowest BCUT2D eigenvalue weighted by Gasteiger charge is -2.27. The molecule has 0 radical (unpaired) electrons. The lowest BCUT2D eigenvalue weighted by molar-refractivity contribution is -0.361. The Bertz CT molecular complexity index is 817. The van der Waals surface area contributed by atoms with Crippen LogP contribution >= 0.6 is 0 Å². The second-order valence-electron chi connectivity index (χ2n) is 5.86. The third-order valence-electron chi connectivity index (χ3n) is 3.54. The van der Waals surface area contributed by atoms with Crippen molar-refractivity contribution in [2.75, 3.05) is 0 Å². The molecule has 0 aliphatic carbocycles. The number of hydrogen-bond donors (Lipinski definition) is 1. The smallest absolute Gasteiger partial charge is 0.462 e. The van der Waals surface area contributed by atoms with Gasteiger partial charge in [-0.05, 0) is 42.3 Å². The van der Waals surface area contributed by atoms with Gasteiger partial charge in [-0.2, -0.15) is 35.8 Å². The van der Waals surface area contributed by atoms with Gasteiger partial charge < -0.3 is 4.74 Å². The molecule has 0 bridgehead atoms. The fraction of sp³-hybridized carbons (Fsp3) is 0.278. The number of aryl methyl sites for hydroxylation is 1. The first-order valence-corrected chi connectivity index (χ1v) is 7.83. The van der Waals surface area contributed by atoms with Crippen LogP contribution in [0.3, 0.4) is 0 Å². The summed E-state index contributed by atoms with van der Waals surface area (Å²) in [6.45, 7) is 2.22. The Labute approximate surface area is 155 Å². The summed E-state index contributed by atoms with van der Waals surface area (Å²) in [6.07, 6.45) is -5.74. The van der Waals surface area contributed by atoms with Crippen LogP contribution in [0.1, 0.15) is 16.7 Å². The van der Waals surface area contributed by atoms with Crippen LogP contribution in [-0.4, -0.2) is 24.4 Å². The van der Waals surface area contributed by atoms with Gasteiger partial charge >= 0.3 is 18.1 Å². The van der Waals surface area contributed by atoms with E-state index in [-0.39, 0.29) is 12.2 Å². The predicted octanol–water partition coefficient (Wildman–Crippen LogP) is 5.29. The molecule has 2 aromatic carbocycles. The topological polar surface area (TPSA) is 33.6 Å². The van der Waals surface area contributed by atoms with Crippen LogP contribution in [0.15, 0.2) is 53.6 Å². The average Bonchev–Trinajstić information content (AvgIpc) is 2.60. The Morgan fingerprint density at radius 3 is 2.18 bits per heavy atom. The van der Waals surface area contributed by atoms with E-state index in [1.54, 1.807) is 0 Å². The summed E-state index contributed by atoms with van der Waals surface area (Å²) in [5.74, 6) is -5.83. The van der Waals surface area contributed by atoms with E-state index in [1.165, 1.54) is 24.3 Å². The molecule has 0 unspecified atom stereocenters. The van der Waals surface area contributed by atoms with Crippen molar-refractivity contribution in [2.24, 2.45) is 5.10 Å². The average molecular weight is 408 g/mol. The number of halogens is 7. The van der Waals surface area contributed by atoms with Crippen LogP contribution in [0.5, 0.6) is 5.75 Å². The summed E-state index contributed by atoms with van der Waals surface area (Å²) in [4.78, 5) is 0. The summed E-state index contributed by atoms with van der Waals surface area (Å²) < 4.78 is 93.1. The fourth-order valence-electron chi connectivity index (χ4n) is 2.05. The van der Waals surface area contributed by atoms with Gasteiger partial charge in [-0.1, -0.05) is 29.8 Å². The third kappa shape index (κ3) is 5.14. The van der Waals surface area contributed by atoms with E-state index < -0.39 is 18.1 Å². The normalized spacial score (nSPS) is 13.0. The summed E-state index contributed by atoms with van der Waals surface area (Å²) in [5.41, 5.74) is 2.73. The molecule has 2 rings (SSSR count). The minimum absolute atomic E-state index is 0.182. The maximum absolute atomic E-state index is 13.0. The first kappa shape index (κ1) is 21.5. The molecule has 10 heteroatoms. The standard InChI is InChI=1S/C18H15F7N2O/c1-12-3-2-4-14(9-12)11-28-15-7-5-13(6-8-15)10-26-27-18(24,25)16(19,20)17(21,22)23/h2-10,27H,11H2,1H3/b26-10+. The van der Waals surface area contributed by atoms with Crippen LogP contribution in [0.25, 0.3) is 0 Å². The Balaban J connectivity index is 1.94. The Morgan fingerprint density at radius 1 is 0.964 bits per heavy atom. The number of ether oxygens (including phenoxy) is 1. The van der Waals surface area contributed by atoms with E-state index in [9.17, 15) is 30.7 Å². The minimum atomic E-state index is -6.42. The number of hydrazone groups is 1. The molecule has 3 nitrogen and oxygen atoms in total. The van der Waals surface area contributed by atoms with Crippen molar-refractivity contribution in [1.29, 1.82) is 0 Å². The van der Waals surface area contributed by atoms with Crippen molar-refractivity contribution in [3.05, 3.63) is 65.2 Å². The Kier molecular flexibility index (Phi) is 6.20. The number of hydrogen-bond acceptors (Lipinski definition) is 3. The highest BCUT2D eigenvalue weighted by Crippen LogP contribution is 2.44. The van der Waals surface area contributed by atoms with E-state index in [0.717, 1.165) is 11.1 Å². The molecule has 0 aliphatic heterocycles. The van der Waals surface area contributed by atoms with Gasteiger partial charge in [-0.3, -0.25) is 0 Å². The zero-order chi connectivity index (χ0) is 21.0. The quantitative estimate of drug-likeness (QED) is 0.292. The van der Waals surface area contributed by atoms with Crippen LogP contribution < -0.4 is 10.2 Å². The van der Waals surface area contributed by atoms with E-state index in [0.29, 0.717) is 17.4 Å². The van der Waals surface area contributed by atoms with E-state index in [2.05, 4.69) is 5.10 Å². The molecule has 0 saturated heterocycles. The van der Waals surface area contributed by atoms with Gasteiger partial charge in [0.2, 0.25) is 0 Å². The fourth-order valence-corrected chi connectivity index (χ4v) is 2.05. The first-order chi connectivity index (χ1) is 12.9. The molecule has 0 amide bonds. The number of alkyl halides is 7. The summed E-state index contributed by atoms with van der Waals surface area (Å²) >= 11 is 0. The number of rotatable bonds is 7. The molecule has 0 aromatic heterocycles. The van der Waals surface area contributed by atoms with E-state index in [4.69, 9.17) is 4.74 Å². The zero-order valence-corrected chi connectivity index (χ0v) is 14.4. The number of nitrogens with one attached hydrogen (secondary N) is 1. The van der Waals surface area contributed by atoms with Crippen molar-refractivity contribution in [3.63, 3.8) is 0 Å². The first-order valence-electron chi connectivity index (χ1n) is 7.83. The molecule has 2 aromatic rings. The number of nitrogens with zero attached hydrogens (tertiary/aromatic N) is 1. The van der Waals surface area contributed by atoms with Gasteiger partial charge in [0.05, 0.1) is 6.21 Å². The number of benzene rings is 2. The highest BCUT2D eigenvalue weighted by molar-refractivity contribution is 5.79. The molecule has 0 fully saturated rings.